The molecule has 1 amide bonds. The molecule has 2 heterocycles. The minimum absolute atomic E-state index is 0.0372. The number of nitro benzene ring substituents is 1. The van der Waals surface area contributed by atoms with Crippen LogP contribution < -0.4 is 10.1 Å². The van der Waals surface area contributed by atoms with E-state index in [9.17, 15) is 14.9 Å². The molecule has 0 radical (unpaired) electrons. The fourth-order valence-corrected chi connectivity index (χ4v) is 2.99. The van der Waals surface area contributed by atoms with Crippen molar-refractivity contribution >= 4 is 27.5 Å². The highest BCUT2D eigenvalue weighted by Crippen LogP contribution is 2.28. The molecule has 1 N–H and O–H groups in total. The highest BCUT2D eigenvalue weighted by molar-refractivity contribution is 9.10. The quantitative estimate of drug-likeness (QED) is 0.437. The number of furan rings is 1. The molecule has 0 saturated heterocycles. The van der Waals surface area contributed by atoms with Gasteiger partial charge in [-0.05, 0) is 46.6 Å². The van der Waals surface area contributed by atoms with Crippen LogP contribution in [-0.2, 0) is 20.2 Å². The fourth-order valence-electron chi connectivity index (χ4n) is 2.50. The number of amides is 1. The molecular weight excluding hydrogens is 432 g/mol. The van der Waals surface area contributed by atoms with Crippen LogP contribution in [0.3, 0.4) is 0 Å². The van der Waals surface area contributed by atoms with Gasteiger partial charge < -0.3 is 14.5 Å². The van der Waals surface area contributed by atoms with E-state index in [-0.39, 0.29) is 36.3 Å². The van der Waals surface area contributed by atoms with Crippen LogP contribution in [0.15, 0.2) is 45.4 Å². The third-order valence-electron chi connectivity index (χ3n) is 3.99. The van der Waals surface area contributed by atoms with Gasteiger partial charge in [0.1, 0.15) is 12.4 Å². The minimum Gasteiger partial charge on any atom is -0.479 e. The summed E-state index contributed by atoms with van der Waals surface area (Å²) >= 11 is 3.37. The average Bonchev–Trinajstić information content (AvgIpc) is 3.26. The molecule has 3 aromatic rings. The maximum absolute atomic E-state index is 12.3. The Labute approximate surface area is 168 Å². The number of benzene rings is 1. The topological polar surface area (TPSA) is 112 Å². The van der Waals surface area contributed by atoms with E-state index in [4.69, 9.17) is 9.15 Å². The number of rotatable bonds is 7. The van der Waals surface area contributed by atoms with Crippen molar-refractivity contribution in [2.75, 3.05) is 0 Å². The van der Waals surface area contributed by atoms with Crippen molar-refractivity contribution in [2.45, 2.75) is 20.1 Å². The molecule has 10 heteroatoms. The number of nitrogens with one attached hydrogen (secondary N) is 1. The maximum Gasteiger partial charge on any atom is 0.311 e. The van der Waals surface area contributed by atoms with Gasteiger partial charge >= 0.3 is 5.69 Å². The molecule has 0 aliphatic carbocycles. The first kappa shape index (κ1) is 19.6. The van der Waals surface area contributed by atoms with Crippen LogP contribution in [0.2, 0.25) is 0 Å². The molecule has 146 valence electrons. The molecule has 0 fully saturated rings. The summed E-state index contributed by atoms with van der Waals surface area (Å²) in [6.45, 7) is 2.00. The van der Waals surface area contributed by atoms with Gasteiger partial charge in [0.15, 0.2) is 11.5 Å². The molecule has 0 unspecified atom stereocenters. The van der Waals surface area contributed by atoms with Crippen molar-refractivity contribution in [1.29, 1.82) is 0 Å². The van der Waals surface area contributed by atoms with Gasteiger partial charge in [-0.3, -0.25) is 19.6 Å². The lowest BCUT2D eigenvalue weighted by atomic mass is 10.2. The highest BCUT2D eigenvalue weighted by Gasteiger charge is 2.17. The Morgan fingerprint density at radius 3 is 2.86 bits per heavy atom. The largest absolute Gasteiger partial charge is 0.479 e. The first-order valence-electron chi connectivity index (χ1n) is 8.26. The lowest BCUT2D eigenvalue weighted by Crippen LogP contribution is -2.23. The van der Waals surface area contributed by atoms with E-state index in [1.54, 1.807) is 37.0 Å². The van der Waals surface area contributed by atoms with Gasteiger partial charge in [0.2, 0.25) is 0 Å². The third-order valence-corrected chi connectivity index (χ3v) is 4.66. The summed E-state index contributed by atoms with van der Waals surface area (Å²) in [4.78, 5) is 22.9. The lowest BCUT2D eigenvalue weighted by molar-refractivity contribution is -0.386. The monoisotopic (exact) mass is 448 g/mol. The van der Waals surface area contributed by atoms with Crippen molar-refractivity contribution < 1.29 is 18.9 Å². The Balaban J connectivity index is 1.61. The third kappa shape index (κ3) is 4.39. The fraction of sp³-hybridized carbons (Fsp3) is 0.222. The second kappa shape index (κ2) is 8.26. The molecule has 0 atom stereocenters. The minimum atomic E-state index is -0.500. The molecule has 28 heavy (non-hydrogen) atoms. The van der Waals surface area contributed by atoms with Gasteiger partial charge in [0.25, 0.3) is 5.91 Å². The lowest BCUT2D eigenvalue weighted by Gasteiger charge is -2.06. The second-order valence-electron chi connectivity index (χ2n) is 6.03. The Hall–Kier alpha value is -3.14. The predicted octanol–water partition coefficient (Wildman–Crippen LogP) is 3.50. The molecular formula is C18H17BrN4O5. The van der Waals surface area contributed by atoms with Crippen molar-refractivity contribution in [3.63, 3.8) is 0 Å². The van der Waals surface area contributed by atoms with Crippen LogP contribution in [0.4, 0.5) is 5.69 Å². The Morgan fingerprint density at radius 1 is 1.39 bits per heavy atom. The van der Waals surface area contributed by atoms with Crippen LogP contribution in [0, 0.1) is 17.0 Å². The number of aryl methyl sites for hydroxylation is 2. The van der Waals surface area contributed by atoms with Gasteiger partial charge in [-0.15, -0.1) is 0 Å². The number of ether oxygens (including phenoxy) is 1. The molecule has 1 aromatic carbocycles. The zero-order chi connectivity index (χ0) is 20.3. The molecule has 9 nitrogen and oxygen atoms in total. The van der Waals surface area contributed by atoms with Crippen LogP contribution in [0.25, 0.3) is 0 Å². The second-order valence-corrected chi connectivity index (χ2v) is 6.88. The number of halogens is 1. The number of aromatic nitrogens is 2. The molecule has 0 aliphatic rings. The maximum atomic E-state index is 12.3. The van der Waals surface area contributed by atoms with Crippen LogP contribution in [0.5, 0.6) is 5.75 Å². The Bertz CT molecular complexity index is 1010. The number of hydrogen-bond acceptors (Lipinski definition) is 6. The molecule has 0 bridgehead atoms. The predicted molar refractivity (Wildman–Crippen MR) is 103 cm³/mol. The van der Waals surface area contributed by atoms with E-state index >= 15 is 0 Å². The van der Waals surface area contributed by atoms with Crippen LogP contribution in [-0.4, -0.2) is 20.6 Å². The van der Waals surface area contributed by atoms with Gasteiger partial charge in [-0.25, -0.2) is 0 Å². The first-order chi connectivity index (χ1) is 13.3. The zero-order valence-electron chi connectivity index (χ0n) is 15.1. The summed E-state index contributed by atoms with van der Waals surface area (Å²) in [5.41, 5.74) is 1.46. The van der Waals surface area contributed by atoms with E-state index in [1.165, 1.54) is 18.2 Å². The molecule has 3 rings (SSSR count). The van der Waals surface area contributed by atoms with Crippen molar-refractivity contribution in [3.8, 4) is 5.75 Å². The summed E-state index contributed by atoms with van der Waals surface area (Å²) < 4.78 is 13.4. The van der Waals surface area contributed by atoms with Gasteiger partial charge in [-0.1, -0.05) is 6.07 Å². The average molecular weight is 449 g/mol. The van der Waals surface area contributed by atoms with Crippen molar-refractivity contribution in [2.24, 2.45) is 7.05 Å². The standard InChI is InChI=1S/C18H17BrN4O5/c1-11-3-5-16(14(7-11)23(25)26)27-10-12-4-6-17(28-12)18(24)20-9-15-13(19)8-21-22(15)2/h3-8H,9-10H2,1-2H3,(H,20,24). The van der Waals surface area contributed by atoms with Crippen LogP contribution >= 0.6 is 15.9 Å². The van der Waals surface area contributed by atoms with Gasteiger partial charge in [0, 0.05) is 13.1 Å². The number of carbonyl (C=O) groups is 1. The van der Waals surface area contributed by atoms with Crippen molar-refractivity contribution in [3.05, 3.63) is 73.9 Å². The number of nitrogens with zero attached hydrogens (tertiary/aromatic N) is 3. The van der Waals surface area contributed by atoms with E-state index in [2.05, 4.69) is 26.3 Å². The summed E-state index contributed by atoms with van der Waals surface area (Å²) in [6.07, 6.45) is 1.65. The van der Waals surface area contributed by atoms with E-state index in [0.29, 0.717) is 5.76 Å². The number of carbonyl (C=O) groups excluding carboxylic acids is 1. The Morgan fingerprint density at radius 2 is 2.18 bits per heavy atom. The smallest absolute Gasteiger partial charge is 0.311 e. The normalized spacial score (nSPS) is 10.7. The zero-order valence-corrected chi connectivity index (χ0v) is 16.7. The highest BCUT2D eigenvalue weighted by atomic mass is 79.9. The van der Waals surface area contributed by atoms with Crippen LogP contribution in [0.1, 0.15) is 27.6 Å². The SMILES string of the molecule is Cc1ccc(OCc2ccc(C(=O)NCc3c(Br)cnn3C)o2)c([N+](=O)[O-])c1. The number of nitro groups is 1. The van der Waals surface area contributed by atoms with E-state index < -0.39 is 4.92 Å². The molecule has 0 aliphatic heterocycles. The van der Waals surface area contributed by atoms with E-state index in [0.717, 1.165) is 15.7 Å². The molecule has 2 aromatic heterocycles. The van der Waals surface area contributed by atoms with Gasteiger partial charge in [0.05, 0.1) is 27.8 Å². The summed E-state index contributed by atoms with van der Waals surface area (Å²) in [6, 6.07) is 7.81. The summed E-state index contributed by atoms with van der Waals surface area (Å²) in [7, 11) is 1.78. The Kier molecular flexibility index (Phi) is 5.78. The number of hydrogen-bond donors (Lipinski definition) is 1. The van der Waals surface area contributed by atoms with Gasteiger partial charge in [-0.2, -0.15) is 5.10 Å². The first-order valence-corrected chi connectivity index (χ1v) is 9.05. The van der Waals surface area contributed by atoms with Crippen molar-refractivity contribution in [1.82, 2.24) is 15.1 Å². The summed E-state index contributed by atoms with van der Waals surface area (Å²) in [5, 5.41) is 18.0. The molecule has 0 saturated carbocycles. The van der Waals surface area contributed by atoms with E-state index in [1.807, 2.05) is 0 Å². The molecule has 0 spiro atoms. The summed E-state index contributed by atoms with van der Waals surface area (Å²) in [5.74, 6) is 0.247.